The number of aromatic nitrogens is 2. The van der Waals surface area contributed by atoms with E-state index in [1.165, 1.54) is 0 Å². The van der Waals surface area contributed by atoms with Gasteiger partial charge >= 0.3 is 0 Å². The fourth-order valence-electron chi connectivity index (χ4n) is 3.29. The van der Waals surface area contributed by atoms with Gasteiger partial charge in [0.2, 0.25) is 5.95 Å². The number of anilines is 2. The molecule has 0 radical (unpaired) electrons. The van der Waals surface area contributed by atoms with E-state index >= 15 is 0 Å². The zero-order valence-corrected chi connectivity index (χ0v) is 18.3. The fraction of sp³-hybridized carbons (Fsp3) is 0.273. The third kappa shape index (κ3) is 5.28. The lowest BCUT2D eigenvalue weighted by Crippen LogP contribution is -2.24. The topological polar surface area (TPSA) is 126 Å². The Morgan fingerprint density at radius 2 is 1.87 bits per heavy atom. The van der Waals surface area contributed by atoms with E-state index in [0.29, 0.717) is 35.1 Å². The number of aliphatic hydroxyl groups is 1. The van der Waals surface area contributed by atoms with Crippen molar-refractivity contribution in [3.63, 3.8) is 0 Å². The lowest BCUT2D eigenvalue weighted by atomic mass is 10.0. The quantitative estimate of drug-likeness (QED) is 0.348. The summed E-state index contributed by atoms with van der Waals surface area (Å²) in [6, 6.07) is 15.2. The van der Waals surface area contributed by atoms with Gasteiger partial charge in [0.15, 0.2) is 0 Å². The minimum Gasteiger partial charge on any atom is -0.394 e. The molecule has 0 fully saturated rings. The maximum absolute atomic E-state index is 9.48. The molecule has 0 unspecified atom stereocenters. The normalized spacial score (nSPS) is 12.3. The van der Waals surface area contributed by atoms with E-state index in [2.05, 4.69) is 20.3 Å². The van der Waals surface area contributed by atoms with Crippen molar-refractivity contribution < 1.29 is 5.11 Å². The fourth-order valence-corrected chi connectivity index (χ4v) is 3.44. The van der Waals surface area contributed by atoms with Crippen molar-refractivity contribution >= 4 is 29.1 Å². The SMILES string of the molecule is CCc1nc(N)nc(N)c1-c1ccc(Cl)c(N=NN(CCO)[C@@H](C)c2ccccc2)c1. The van der Waals surface area contributed by atoms with Gasteiger partial charge in [-0.05, 0) is 36.6 Å². The summed E-state index contributed by atoms with van der Waals surface area (Å²) in [5.74, 6) is 0.440. The summed E-state index contributed by atoms with van der Waals surface area (Å²) in [5.41, 5.74) is 15.6. The zero-order valence-electron chi connectivity index (χ0n) is 17.5. The van der Waals surface area contributed by atoms with Crippen LogP contribution in [0.1, 0.15) is 31.1 Å². The molecule has 0 aliphatic rings. The van der Waals surface area contributed by atoms with E-state index in [1.54, 1.807) is 17.1 Å². The number of benzene rings is 2. The van der Waals surface area contributed by atoms with E-state index in [4.69, 9.17) is 23.1 Å². The minimum atomic E-state index is -0.0769. The molecule has 0 aliphatic heterocycles. The highest BCUT2D eigenvalue weighted by molar-refractivity contribution is 6.33. The molecule has 8 nitrogen and oxygen atoms in total. The molecule has 1 heterocycles. The number of rotatable bonds is 8. The molecule has 31 heavy (non-hydrogen) atoms. The van der Waals surface area contributed by atoms with Crippen LogP contribution in [-0.4, -0.2) is 33.2 Å². The van der Waals surface area contributed by atoms with Gasteiger partial charge in [-0.2, -0.15) is 4.98 Å². The second-order valence-electron chi connectivity index (χ2n) is 6.97. The highest BCUT2D eigenvalue weighted by Gasteiger charge is 2.16. The Balaban J connectivity index is 1.95. The number of hydrogen-bond donors (Lipinski definition) is 3. The number of aliphatic hydroxyl groups excluding tert-OH is 1. The molecule has 0 saturated carbocycles. The second-order valence-corrected chi connectivity index (χ2v) is 7.38. The molecule has 1 aromatic heterocycles. The molecule has 0 amide bonds. The Hall–Kier alpha value is -3.23. The van der Waals surface area contributed by atoms with Crippen LogP contribution in [0.3, 0.4) is 0 Å². The summed E-state index contributed by atoms with van der Waals surface area (Å²) < 4.78 is 0. The van der Waals surface area contributed by atoms with E-state index in [-0.39, 0.29) is 18.6 Å². The van der Waals surface area contributed by atoms with Gasteiger partial charge in [-0.15, -0.1) is 5.11 Å². The molecule has 2 aromatic carbocycles. The summed E-state index contributed by atoms with van der Waals surface area (Å²) in [6.07, 6.45) is 0.643. The van der Waals surface area contributed by atoms with E-state index in [0.717, 1.165) is 16.8 Å². The largest absolute Gasteiger partial charge is 0.394 e. The number of halogens is 1. The van der Waals surface area contributed by atoms with Crippen LogP contribution in [0.2, 0.25) is 5.02 Å². The zero-order chi connectivity index (χ0) is 22.4. The lowest BCUT2D eigenvalue weighted by molar-refractivity contribution is 0.154. The van der Waals surface area contributed by atoms with Crippen LogP contribution in [0, 0.1) is 0 Å². The van der Waals surface area contributed by atoms with Gasteiger partial charge in [0, 0.05) is 5.56 Å². The first-order valence-corrected chi connectivity index (χ1v) is 10.4. The van der Waals surface area contributed by atoms with Crippen molar-refractivity contribution in [2.75, 3.05) is 24.6 Å². The average molecular weight is 440 g/mol. The molecule has 0 aliphatic carbocycles. The van der Waals surface area contributed by atoms with Gasteiger partial charge in [0.25, 0.3) is 0 Å². The van der Waals surface area contributed by atoms with Gasteiger partial charge in [0.1, 0.15) is 11.5 Å². The van der Waals surface area contributed by atoms with E-state index in [1.807, 2.05) is 50.2 Å². The standard InChI is InChI=1S/C22H26ClN7O/c1-3-18-20(21(24)27-22(25)26-18)16-9-10-17(23)19(13-16)28-29-30(11-12-31)14(2)15-7-5-4-6-8-15/h4-10,13-14,31H,3,11-12H2,1-2H3,(H4,24,25,26,27)/t14-/m0/s1. The van der Waals surface area contributed by atoms with Crippen LogP contribution >= 0.6 is 11.6 Å². The average Bonchev–Trinajstić information content (AvgIpc) is 2.77. The Labute approximate surface area is 186 Å². The Morgan fingerprint density at radius 3 is 2.55 bits per heavy atom. The van der Waals surface area contributed by atoms with Crippen molar-refractivity contribution in [1.29, 1.82) is 0 Å². The van der Waals surface area contributed by atoms with Gasteiger partial charge in [-0.3, -0.25) is 5.01 Å². The Morgan fingerprint density at radius 1 is 1.13 bits per heavy atom. The molecule has 5 N–H and O–H groups in total. The molecule has 1 atom stereocenters. The molecule has 0 bridgehead atoms. The van der Waals surface area contributed by atoms with Crippen molar-refractivity contribution in [2.45, 2.75) is 26.3 Å². The Kier molecular flexibility index (Phi) is 7.38. The van der Waals surface area contributed by atoms with Crippen molar-refractivity contribution in [2.24, 2.45) is 10.3 Å². The van der Waals surface area contributed by atoms with E-state index in [9.17, 15) is 5.11 Å². The molecule has 9 heteroatoms. The van der Waals surface area contributed by atoms with Crippen LogP contribution in [-0.2, 0) is 6.42 Å². The molecule has 162 valence electrons. The maximum Gasteiger partial charge on any atom is 0.222 e. The van der Waals surface area contributed by atoms with Crippen molar-refractivity contribution in [3.05, 3.63) is 64.8 Å². The van der Waals surface area contributed by atoms with Crippen molar-refractivity contribution in [1.82, 2.24) is 15.0 Å². The molecule has 0 saturated heterocycles. The van der Waals surface area contributed by atoms with Crippen LogP contribution < -0.4 is 11.5 Å². The summed E-state index contributed by atoms with van der Waals surface area (Å²) >= 11 is 6.38. The molecule has 3 rings (SSSR count). The minimum absolute atomic E-state index is 0.0524. The third-order valence-corrected chi connectivity index (χ3v) is 5.24. The monoisotopic (exact) mass is 439 g/mol. The third-order valence-electron chi connectivity index (χ3n) is 4.92. The Bertz CT molecular complexity index is 1060. The summed E-state index contributed by atoms with van der Waals surface area (Å²) in [6.45, 7) is 4.25. The molecule has 3 aromatic rings. The first-order valence-electron chi connectivity index (χ1n) is 10.0. The summed E-state index contributed by atoms with van der Waals surface area (Å²) in [7, 11) is 0. The van der Waals surface area contributed by atoms with Crippen LogP contribution in [0.4, 0.5) is 17.5 Å². The molecular weight excluding hydrogens is 414 g/mol. The highest BCUT2D eigenvalue weighted by atomic mass is 35.5. The second kappa shape index (κ2) is 10.2. The van der Waals surface area contributed by atoms with Crippen molar-refractivity contribution in [3.8, 4) is 11.1 Å². The number of hydrogen-bond acceptors (Lipinski definition) is 7. The predicted octanol–water partition coefficient (Wildman–Crippen LogP) is 4.58. The predicted molar refractivity (Wildman–Crippen MR) is 124 cm³/mol. The van der Waals surface area contributed by atoms with Crippen LogP contribution in [0.25, 0.3) is 11.1 Å². The highest BCUT2D eigenvalue weighted by Crippen LogP contribution is 2.35. The number of aryl methyl sites for hydroxylation is 1. The molecule has 0 spiro atoms. The molecular formula is C22H26ClN7O. The summed E-state index contributed by atoms with van der Waals surface area (Å²) in [5, 5.41) is 20.4. The van der Waals surface area contributed by atoms with Crippen LogP contribution in [0.5, 0.6) is 0 Å². The number of nitrogens with zero attached hydrogens (tertiary/aromatic N) is 5. The maximum atomic E-state index is 9.48. The smallest absolute Gasteiger partial charge is 0.222 e. The lowest BCUT2D eigenvalue weighted by Gasteiger charge is -2.24. The van der Waals surface area contributed by atoms with Gasteiger partial charge in [-0.25, -0.2) is 4.98 Å². The van der Waals surface area contributed by atoms with Gasteiger partial charge in [0.05, 0.1) is 29.9 Å². The first kappa shape index (κ1) is 22.5. The van der Waals surface area contributed by atoms with Gasteiger partial charge < -0.3 is 16.6 Å². The number of nitrogen functional groups attached to an aromatic ring is 2. The van der Waals surface area contributed by atoms with Gasteiger partial charge in [-0.1, -0.05) is 60.1 Å². The van der Waals surface area contributed by atoms with E-state index < -0.39 is 0 Å². The first-order chi connectivity index (χ1) is 14.9. The van der Waals surface area contributed by atoms with Crippen LogP contribution in [0.15, 0.2) is 58.9 Å². The summed E-state index contributed by atoms with van der Waals surface area (Å²) in [4.78, 5) is 8.39. The number of nitrogens with two attached hydrogens (primary N) is 2.